The van der Waals surface area contributed by atoms with Crippen molar-refractivity contribution in [3.8, 4) is 66.8 Å². The second kappa shape index (κ2) is 28.4. The Morgan fingerprint density at radius 3 is 0.771 bits per heavy atom. The van der Waals surface area contributed by atoms with E-state index in [0.717, 1.165) is 0 Å². The predicted octanol–water partition coefficient (Wildman–Crippen LogP) is 26.0. The lowest BCUT2D eigenvalue weighted by Gasteiger charge is -2.34. The molecule has 0 saturated carbocycles. The molecule has 0 unspecified atom stereocenters. The molecule has 7 aromatic rings. The fraction of sp³-hybridized carbons (Fsp3) is 0.470. The lowest BCUT2D eigenvalue weighted by atomic mass is 9.69. The Hall–Kier alpha value is -5.72. The molecule has 3 aliphatic carbocycles. The summed E-state index contributed by atoms with van der Waals surface area (Å²) in [5.41, 5.74) is 27.8. The maximum atomic E-state index is 4.05. The largest absolute Gasteiger partial charge is 0.0985 e. The van der Waals surface area contributed by atoms with E-state index in [4.69, 9.17) is 0 Å². The summed E-state index contributed by atoms with van der Waals surface area (Å²) in [5, 5.41) is 0. The van der Waals surface area contributed by atoms with Gasteiger partial charge in [0.05, 0.1) is 0 Å². The minimum absolute atomic E-state index is 0.0188. The van der Waals surface area contributed by atoms with Crippen molar-refractivity contribution >= 4 is 6.08 Å². The summed E-state index contributed by atoms with van der Waals surface area (Å²) in [5.74, 6) is 0. The summed E-state index contributed by atoms with van der Waals surface area (Å²) >= 11 is 0. The van der Waals surface area contributed by atoms with Crippen LogP contribution in [0.5, 0.6) is 0 Å². The third-order valence-corrected chi connectivity index (χ3v) is 20.9. The lowest BCUT2D eigenvalue weighted by Crippen LogP contribution is -2.26. The molecule has 436 valence electrons. The van der Waals surface area contributed by atoms with E-state index >= 15 is 0 Å². The lowest BCUT2D eigenvalue weighted by molar-refractivity contribution is 0.400. The van der Waals surface area contributed by atoms with Gasteiger partial charge in [0.25, 0.3) is 0 Å². The van der Waals surface area contributed by atoms with Crippen LogP contribution >= 0.6 is 0 Å². The van der Waals surface area contributed by atoms with Crippen LogP contribution in [0.3, 0.4) is 0 Å². The molecule has 0 heterocycles. The smallest absolute Gasteiger partial charge is 0.0215 e. The standard InChI is InChI=1S/C83H104/c1-8-15-21-29-51-81(52-30-22-16-9-2)75-36-28-27-35-69(75)70-47-42-65(58-76(70)81)66-43-49-73-74-50-45-68(61-80(74)83(79(73)59-66,55-33-25-19-12-5)56-34-26-20-13-6)67-44-48-72-71-46-41-64(63-39-37-62(14-7)38-40-63)57-77(71)82(78(72)60-67,53-31-23-17-10-3)54-32-24-18-11-4/h14,27-28,35-50,57-61H,7-13,15-26,29-34,51-56H2,1-6H3. The molecular formula is C83H104. The fourth-order valence-electron chi connectivity index (χ4n) is 16.3. The van der Waals surface area contributed by atoms with E-state index in [9.17, 15) is 0 Å². The zero-order chi connectivity index (χ0) is 57.7. The van der Waals surface area contributed by atoms with Crippen LogP contribution in [0.25, 0.3) is 72.8 Å². The van der Waals surface area contributed by atoms with Gasteiger partial charge in [-0.2, -0.15) is 0 Å². The monoisotopic (exact) mass is 1100 g/mol. The molecule has 3 aliphatic rings. The molecule has 7 aromatic carbocycles. The number of fused-ring (bicyclic) bond motifs is 9. The Balaban J connectivity index is 1.09. The molecule has 0 radical (unpaired) electrons. The summed E-state index contributed by atoms with van der Waals surface area (Å²) in [6.07, 6.45) is 40.2. The van der Waals surface area contributed by atoms with Crippen molar-refractivity contribution in [1.29, 1.82) is 0 Å². The van der Waals surface area contributed by atoms with E-state index in [1.807, 2.05) is 6.08 Å². The summed E-state index contributed by atoms with van der Waals surface area (Å²) in [6.45, 7) is 18.2. The van der Waals surface area contributed by atoms with Gasteiger partial charge in [-0.1, -0.05) is 317 Å². The van der Waals surface area contributed by atoms with E-state index in [0.29, 0.717) is 0 Å². The Kier molecular flexibility index (Phi) is 20.7. The highest BCUT2D eigenvalue weighted by molar-refractivity contribution is 5.90. The predicted molar refractivity (Wildman–Crippen MR) is 364 cm³/mol. The van der Waals surface area contributed by atoms with Crippen LogP contribution in [0.4, 0.5) is 0 Å². The van der Waals surface area contributed by atoms with Crippen LogP contribution < -0.4 is 0 Å². The van der Waals surface area contributed by atoms with E-state index in [1.165, 1.54) is 265 Å². The van der Waals surface area contributed by atoms with Gasteiger partial charge in [0.1, 0.15) is 0 Å². The molecule has 0 nitrogen and oxygen atoms in total. The highest BCUT2D eigenvalue weighted by atomic mass is 14.5. The Labute approximate surface area is 505 Å². The molecule has 0 aliphatic heterocycles. The molecular weight excluding hydrogens is 997 g/mol. The van der Waals surface area contributed by atoms with E-state index in [2.05, 4.69) is 188 Å². The van der Waals surface area contributed by atoms with Gasteiger partial charge in [-0.05, 0) is 175 Å². The second-order valence-corrected chi connectivity index (χ2v) is 26.3. The van der Waals surface area contributed by atoms with Crippen molar-refractivity contribution in [2.75, 3.05) is 0 Å². The van der Waals surface area contributed by atoms with E-state index in [-0.39, 0.29) is 16.2 Å². The average Bonchev–Trinajstić information content (AvgIpc) is 4.26. The van der Waals surface area contributed by atoms with Crippen LogP contribution in [0.2, 0.25) is 0 Å². The van der Waals surface area contributed by atoms with Gasteiger partial charge in [0.15, 0.2) is 0 Å². The minimum Gasteiger partial charge on any atom is -0.0985 e. The van der Waals surface area contributed by atoms with Crippen LogP contribution in [0.1, 0.15) is 273 Å². The quantitative estimate of drug-likeness (QED) is 0.0353. The molecule has 0 aromatic heterocycles. The normalized spacial score (nSPS) is 14.5. The number of unbranched alkanes of at least 4 members (excludes halogenated alkanes) is 18. The maximum Gasteiger partial charge on any atom is 0.0215 e. The van der Waals surface area contributed by atoms with E-state index in [1.54, 1.807) is 33.4 Å². The third kappa shape index (κ3) is 12.4. The Morgan fingerprint density at radius 1 is 0.253 bits per heavy atom. The van der Waals surface area contributed by atoms with Crippen LogP contribution in [0.15, 0.2) is 146 Å². The first-order chi connectivity index (χ1) is 40.8. The van der Waals surface area contributed by atoms with Crippen molar-refractivity contribution in [3.63, 3.8) is 0 Å². The molecule has 10 rings (SSSR count). The average molecular weight is 1100 g/mol. The molecule has 0 bridgehead atoms. The van der Waals surface area contributed by atoms with Gasteiger partial charge in [-0.3, -0.25) is 0 Å². The zero-order valence-electron chi connectivity index (χ0n) is 52.8. The number of hydrogen-bond acceptors (Lipinski definition) is 0. The number of hydrogen-bond donors (Lipinski definition) is 0. The van der Waals surface area contributed by atoms with E-state index < -0.39 is 0 Å². The highest BCUT2D eigenvalue weighted by Gasteiger charge is 2.46. The minimum atomic E-state index is -0.0387. The van der Waals surface area contributed by atoms with Crippen molar-refractivity contribution < 1.29 is 0 Å². The molecule has 0 spiro atoms. The van der Waals surface area contributed by atoms with Crippen molar-refractivity contribution in [2.24, 2.45) is 0 Å². The molecule has 0 fully saturated rings. The molecule has 0 atom stereocenters. The maximum absolute atomic E-state index is 4.05. The first-order valence-corrected chi connectivity index (χ1v) is 34.4. The number of rotatable bonds is 34. The van der Waals surface area contributed by atoms with Crippen molar-refractivity contribution in [2.45, 2.75) is 250 Å². The van der Waals surface area contributed by atoms with Gasteiger partial charge in [0, 0.05) is 16.2 Å². The van der Waals surface area contributed by atoms with Crippen LogP contribution in [-0.2, 0) is 16.2 Å². The summed E-state index contributed by atoms with van der Waals surface area (Å²) in [7, 11) is 0. The fourth-order valence-corrected chi connectivity index (χ4v) is 16.3. The van der Waals surface area contributed by atoms with Gasteiger partial charge in [-0.15, -0.1) is 0 Å². The Morgan fingerprint density at radius 2 is 0.494 bits per heavy atom. The first kappa shape index (κ1) is 60.4. The van der Waals surface area contributed by atoms with Gasteiger partial charge in [-0.25, -0.2) is 0 Å². The summed E-state index contributed by atoms with van der Waals surface area (Å²) < 4.78 is 0. The molecule has 0 N–H and O–H groups in total. The summed E-state index contributed by atoms with van der Waals surface area (Å²) in [6, 6.07) is 57.2. The van der Waals surface area contributed by atoms with Crippen molar-refractivity contribution in [1.82, 2.24) is 0 Å². The summed E-state index contributed by atoms with van der Waals surface area (Å²) in [4.78, 5) is 0. The number of benzene rings is 7. The topological polar surface area (TPSA) is 0 Å². The molecule has 0 heteroatoms. The van der Waals surface area contributed by atoms with Crippen molar-refractivity contribution in [3.05, 3.63) is 185 Å². The van der Waals surface area contributed by atoms with Crippen LogP contribution in [0, 0.1) is 0 Å². The molecule has 0 saturated heterocycles. The van der Waals surface area contributed by atoms with Crippen LogP contribution in [-0.4, -0.2) is 0 Å². The molecule has 0 amide bonds. The highest BCUT2D eigenvalue weighted by Crippen LogP contribution is 2.60. The SMILES string of the molecule is C=Cc1ccc(-c2ccc3c(c2)C(CCCCCC)(CCCCCC)c2cc(-c4ccc5c(c4)C(CCCCCC)(CCCCCC)c4cc(-c6ccc7c(c6)C(CCCCCC)(CCCCCC)c6ccccc6-7)ccc4-5)ccc2-3)cc1. The van der Waals surface area contributed by atoms with Gasteiger partial charge in [0.2, 0.25) is 0 Å². The van der Waals surface area contributed by atoms with Gasteiger partial charge < -0.3 is 0 Å². The Bertz CT molecular complexity index is 3210. The second-order valence-electron chi connectivity index (χ2n) is 26.3. The van der Waals surface area contributed by atoms with Gasteiger partial charge >= 0.3 is 0 Å². The molecule has 83 heavy (non-hydrogen) atoms. The third-order valence-electron chi connectivity index (χ3n) is 20.9. The zero-order valence-corrected chi connectivity index (χ0v) is 52.8. The first-order valence-electron chi connectivity index (χ1n) is 34.4.